The van der Waals surface area contributed by atoms with Crippen LogP contribution in [0.1, 0.15) is 19.8 Å². The Morgan fingerprint density at radius 2 is 2.17 bits per heavy atom. The van der Waals surface area contributed by atoms with Gasteiger partial charge in [-0.1, -0.05) is 0 Å². The van der Waals surface area contributed by atoms with Gasteiger partial charge in [0.25, 0.3) is 0 Å². The van der Waals surface area contributed by atoms with Crippen LogP contribution in [0, 0.1) is 0 Å². The largest absolute Gasteiger partial charge is 0.383 e. The van der Waals surface area contributed by atoms with E-state index in [1.165, 1.54) is 0 Å². The first kappa shape index (κ1) is 15.9. The van der Waals surface area contributed by atoms with Crippen LogP contribution >= 0.6 is 0 Å². The Bertz CT molecular complexity index is 220. The summed E-state index contributed by atoms with van der Waals surface area (Å²) in [6.07, 6.45) is 2.15. The van der Waals surface area contributed by atoms with Crippen molar-refractivity contribution in [3.8, 4) is 0 Å². The fourth-order valence-electron chi connectivity index (χ4n) is 2.79. The van der Waals surface area contributed by atoms with Gasteiger partial charge in [0.1, 0.15) is 0 Å². The number of ether oxygens (including phenoxy) is 3. The molecule has 0 spiro atoms. The van der Waals surface area contributed by atoms with E-state index in [0.717, 1.165) is 26.0 Å². The van der Waals surface area contributed by atoms with Crippen molar-refractivity contribution >= 4 is 0 Å². The summed E-state index contributed by atoms with van der Waals surface area (Å²) in [4.78, 5) is 2.40. The predicted octanol–water partition coefficient (Wildman–Crippen LogP) is 0.478. The van der Waals surface area contributed by atoms with Crippen LogP contribution in [0.3, 0.4) is 0 Å². The molecular formula is C13H28N2O3. The second-order valence-corrected chi connectivity index (χ2v) is 5.08. The minimum atomic E-state index is -0.0608. The molecule has 0 bridgehead atoms. The molecule has 0 saturated carbocycles. The fraction of sp³-hybridized carbons (Fsp3) is 1.00. The van der Waals surface area contributed by atoms with Crippen LogP contribution < -0.4 is 5.73 Å². The van der Waals surface area contributed by atoms with E-state index in [0.29, 0.717) is 32.4 Å². The smallest absolute Gasteiger partial charge is 0.0662 e. The lowest BCUT2D eigenvalue weighted by molar-refractivity contribution is -0.0773. The van der Waals surface area contributed by atoms with Crippen LogP contribution in [0.2, 0.25) is 0 Å². The third-order valence-corrected chi connectivity index (χ3v) is 3.77. The summed E-state index contributed by atoms with van der Waals surface area (Å²) >= 11 is 0. The monoisotopic (exact) mass is 260 g/mol. The summed E-state index contributed by atoms with van der Waals surface area (Å²) in [7, 11) is 3.46. The van der Waals surface area contributed by atoms with Gasteiger partial charge in [0.15, 0.2) is 0 Å². The van der Waals surface area contributed by atoms with E-state index in [-0.39, 0.29) is 5.54 Å². The van der Waals surface area contributed by atoms with Crippen molar-refractivity contribution in [2.24, 2.45) is 5.73 Å². The lowest BCUT2D eigenvalue weighted by Crippen LogP contribution is -2.62. The van der Waals surface area contributed by atoms with Gasteiger partial charge >= 0.3 is 0 Å². The van der Waals surface area contributed by atoms with Crippen molar-refractivity contribution in [2.75, 3.05) is 53.7 Å². The normalized spacial score (nSPS) is 26.5. The third-order valence-electron chi connectivity index (χ3n) is 3.77. The summed E-state index contributed by atoms with van der Waals surface area (Å²) in [5.41, 5.74) is 5.98. The highest BCUT2D eigenvalue weighted by Gasteiger charge is 2.39. The van der Waals surface area contributed by atoms with E-state index in [9.17, 15) is 0 Å². The zero-order chi connectivity index (χ0) is 13.4. The Morgan fingerprint density at radius 1 is 1.39 bits per heavy atom. The summed E-state index contributed by atoms with van der Waals surface area (Å²) in [6.45, 7) is 6.61. The van der Waals surface area contributed by atoms with Crippen LogP contribution in [0.5, 0.6) is 0 Å². The number of rotatable bonds is 8. The summed E-state index contributed by atoms with van der Waals surface area (Å²) < 4.78 is 16.2. The van der Waals surface area contributed by atoms with E-state index < -0.39 is 0 Å². The van der Waals surface area contributed by atoms with Crippen LogP contribution in [0.15, 0.2) is 0 Å². The van der Waals surface area contributed by atoms with Gasteiger partial charge in [-0.15, -0.1) is 0 Å². The van der Waals surface area contributed by atoms with Crippen LogP contribution in [-0.2, 0) is 14.2 Å². The Labute approximate surface area is 111 Å². The molecular weight excluding hydrogens is 232 g/mol. The van der Waals surface area contributed by atoms with Crippen molar-refractivity contribution in [3.63, 3.8) is 0 Å². The highest BCUT2D eigenvalue weighted by Crippen LogP contribution is 2.27. The van der Waals surface area contributed by atoms with Crippen molar-refractivity contribution in [1.82, 2.24) is 4.90 Å². The lowest BCUT2D eigenvalue weighted by Gasteiger charge is -2.48. The molecule has 18 heavy (non-hydrogen) atoms. The summed E-state index contributed by atoms with van der Waals surface area (Å²) in [5.74, 6) is 0. The Kier molecular flexibility index (Phi) is 7.11. The van der Waals surface area contributed by atoms with E-state index in [1.54, 1.807) is 14.2 Å². The molecule has 1 saturated heterocycles. The molecule has 0 radical (unpaired) electrons. The first-order valence-corrected chi connectivity index (χ1v) is 6.72. The summed E-state index contributed by atoms with van der Waals surface area (Å²) in [6, 6.07) is 0.315. The number of hydrogen-bond acceptors (Lipinski definition) is 5. The molecule has 0 aromatic rings. The van der Waals surface area contributed by atoms with Crippen LogP contribution in [0.4, 0.5) is 0 Å². The molecule has 0 amide bonds. The van der Waals surface area contributed by atoms with E-state index in [1.807, 2.05) is 0 Å². The number of hydrogen-bond donors (Lipinski definition) is 1. The minimum absolute atomic E-state index is 0.0608. The molecule has 5 heteroatoms. The van der Waals surface area contributed by atoms with E-state index in [4.69, 9.17) is 19.9 Å². The molecule has 0 aliphatic carbocycles. The minimum Gasteiger partial charge on any atom is -0.383 e. The van der Waals surface area contributed by atoms with Gasteiger partial charge < -0.3 is 19.9 Å². The molecule has 1 aliphatic rings. The van der Waals surface area contributed by atoms with Gasteiger partial charge in [-0.05, 0) is 19.8 Å². The number of methoxy groups -OCH3 is 2. The van der Waals surface area contributed by atoms with E-state index in [2.05, 4.69) is 11.8 Å². The molecule has 2 unspecified atom stereocenters. The zero-order valence-corrected chi connectivity index (χ0v) is 12.0. The molecule has 1 aliphatic heterocycles. The fourth-order valence-corrected chi connectivity index (χ4v) is 2.79. The quantitative estimate of drug-likeness (QED) is 0.688. The molecule has 2 N–H and O–H groups in total. The Morgan fingerprint density at radius 3 is 2.67 bits per heavy atom. The highest BCUT2D eigenvalue weighted by atomic mass is 16.5. The molecule has 108 valence electrons. The maximum atomic E-state index is 6.04. The average molecular weight is 260 g/mol. The van der Waals surface area contributed by atoms with Gasteiger partial charge in [-0.2, -0.15) is 0 Å². The van der Waals surface area contributed by atoms with Crippen LogP contribution in [0.25, 0.3) is 0 Å². The molecule has 2 atom stereocenters. The molecule has 0 aromatic carbocycles. The first-order chi connectivity index (χ1) is 8.70. The molecule has 1 fully saturated rings. The molecule has 1 rings (SSSR count). The van der Waals surface area contributed by atoms with Crippen molar-refractivity contribution < 1.29 is 14.2 Å². The second kappa shape index (κ2) is 8.07. The summed E-state index contributed by atoms with van der Waals surface area (Å²) in [5, 5.41) is 0. The van der Waals surface area contributed by atoms with Gasteiger partial charge in [-0.25, -0.2) is 0 Å². The highest BCUT2D eigenvalue weighted by molar-refractivity contribution is 4.95. The Balaban J connectivity index is 2.76. The second-order valence-electron chi connectivity index (χ2n) is 5.08. The third kappa shape index (κ3) is 3.90. The van der Waals surface area contributed by atoms with Gasteiger partial charge in [0.2, 0.25) is 0 Å². The lowest BCUT2D eigenvalue weighted by atomic mass is 9.89. The first-order valence-electron chi connectivity index (χ1n) is 6.72. The van der Waals surface area contributed by atoms with Gasteiger partial charge in [0, 0.05) is 40.0 Å². The van der Waals surface area contributed by atoms with Gasteiger partial charge in [0.05, 0.1) is 25.4 Å². The molecule has 1 heterocycles. The molecule has 5 nitrogen and oxygen atoms in total. The number of nitrogens with zero attached hydrogens (tertiary/aromatic N) is 1. The van der Waals surface area contributed by atoms with Crippen molar-refractivity contribution in [3.05, 3.63) is 0 Å². The predicted molar refractivity (Wildman–Crippen MR) is 71.8 cm³/mol. The molecule has 0 aromatic heterocycles. The Hall–Kier alpha value is -0.200. The topological polar surface area (TPSA) is 57.0 Å². The van der Waals surface area contributed by atoms with Crippen LogP contribution in [-0.4, -0.2) is 70.2 Å². The van der Waals surface area contributed by atoms with E-state index >= 15 is 0 Å². The SMILES string of the molecule is COCCN(C(C)COC)C1(CN)CCCOC1. The average Bonchev–Trinajstić information content (AvgIpc) is 2.40. The maximum Gasteiger partial charge on any atom is 0.0662 e. The van der Waals surface area contributed by atoms with Crippen molar-refractivity contribution in [1.29, 1.82) is 0 Å². The van der Waals surface area contributed by atoms with Gasteiger partial charge in [-0.3, -0.25) is 4.90 Å². The van der Waals surface area contributed by atoms with Crippen molar-refractivity contribution in [2.45, 2.75) is 31.3 Å². The maximum absolute atomic E-state index is 6.04. The number of nitrogens with two attached hydrogens (primary N) is 1. The standard InChI is InChI=1S/C13H28N2O3/c1-12(9-17-3)15(6-8-16-2)13(10-14)5-4-7-18-11-13/h12H,4-11,14H2,1-3H3. The zero-order valence-electron chi connectivity index (χ0n) is 12.0.